The second-order valence-electron chi connectivity index (χ2n) is 8.11. The van der Waals surface area contributed by atoms with Crippen LogP contribution in [-0.2, 0) is 4.79 Å². The van der Waals surface area contributed by atoms with Gasteiger partial charge < -0.3 is 15.5 Å². The number of aromatic nitrogens is 2. The molecule has 0 saturated heterocycles. The van der Waals surface area contributed by atoms with Crippen LogP contribution in [0.5, 0.6) is 0 Å². The first-order chi connectivity index (χ1) is 13.8. The summed E-state index contributed by atoms with van der Waals surface area (Å²) in [4.78, 5) is 25.6. The Morgan fingerprint density at radius 1 is 1.17 bits per heavy atom. The molecular weight excluding hydrogens is 430 g/mol. The normalized spacial score (nSPS) is 20.2. The molecule has 7 heteroatoms. The molecule has 1 aliphatic rings. The topological polar surface area (TPSA) is 75.4 Å². The van der Waals surface area contributed by atoms with Crippen molar-refractivity contribution in [3.8, 4) is 0 Å². The predicted molar refractivity (Wildman–Crippen MR) is 121 cm³/mol. The van der Waals surface area contributed by atoms with E-state index >= 15 is 0 Å². The Kier molecular flexibility index (Phi) is 6.77. The zero-order valence-electron chi connectivity index (χ0n) is 17.6. The van der Waals surface area contributed by atoms with Gasteiger partial charge in [-0.3, -0.25) is 4.79 Å². The smallest absolute Gasteiger partial charge is 0.228 e. The van der Waals surface area contributed by atoms with Gasteiger partial charge in [-0.15, -0.1) is 0 Å². The van der Waals surface area contributed by atoms with Gasteiger partial charge in [-0.25, -0.2) is 4.98 Å². The summed E-state index contributed by atoms with van der Waals surface area (Å²) in [5.41, 5.74) is 7.81. The molecule has 1 heterocycles. The fourth-order valence-electron chi connectivity index (χ4n) is 4.19. The van der Waals surface area contributed by atoms with Gasteiger partial charge in [-0.05, 0) is 57.2 Å². The number of carbonyl (C=O) groups excluding carboxylic acids is 1. The zero-order chi connectivity index (χ0) is 21.1. The van der Waals surface area contributed by atoms with Gasteiger partial charge in [0, 0.05) is 42.3 Å². The Morgan fingerprint density at radius 3 is 2.34 bits per heavy atom. The number of nitrogens with zero attached hydrogens (tertiary/aromatic N) is 4. The zero-order valence-corrected chi connectivity index (χ0v) is 19.2. The average molecular weight is 460 g/mol. The Bertz CT molecular complexity index is 847. The molecule has 2 aromatic rings. The molecule has 6 nitrogen and oxygen atoms in total. The number of nitrogens with two attached hydrogens (primary N) is 1. The van der Waals surface area contributed by atoms with Gasteiger partial charge >= 0.3 is 0 Å². The molecule has 0 spiro atoms. The summed E-state index contributed by atoms with van der Waals surface area (Å²) in [6, 6.07) is 8.78. The van der Waals surface area contributed by atoms with E-state index < -0.39 is 0 Å². The Morgan fingerprint density at radius 2 is 1.79 bits per heavy atom. The Labute approximate surface area is 181 Å². The highest BCUT2D eigenvalue weighted by molar-refractivity contribution is 9.10. The number of primary amides is 1. The molecule has 3 rings (SSSR count). The number of anilines is 2. The first-order valence-corrected chi connectivity index (χ1v) is 10.9. The lowest BCUT2D eigenvalue weighted by molar-refractivity contribution is -0.122. The molecule has 1 aliphatic carbocycles. The van der Waals surface area contributed by atoms with Crippen LogP contribution in [-0.4, -0.2) is 36.0 Å². The van der Waals surface area contributed by atoms with Crippen molar-refractivity contribution >= 4 is 33.6 Å². The van der Waals surface area contributed by atoms with Gasteiger partial charge in [-0.2, -0.15) is 4.98 Å². The Hall–Kier alpha value is -2.15. The van der Waals surface area contributed by atoms with Crippen LogP contribution in [0.15, 0.2) is 34.9 Å². The van der Waals surface area contributed by atoms with E-state index in [0.717, 1.165) is 47.5 Å². The van der Waals surface area contributed by atoms with E-state index in [1.165, 1.54) is 5.56 Å². The van der Waals surface area contributed by atoms with Crippen molar-refractivity contribution in [3.63, 3.8) is 0 Å². The molecule has 0 bridgehead atoms. The van der Waals surface area contributed by atoms with Crippen LogP contribution in [0.25, 0.3) is 0 Å². The number of amides is 1. The van der Waals surface area contributed by atoms with Crippen LogP contribution in [0.4, 0.5) is 11.8 Å². The standard InChI is InChI=1S/C22H30BrN5O/c1-14-13-25-22(26-21(14)27(3)4)28(15(2)16-5-9-18(23)10-6-16)19-11-7-17(8-12-19)20(24)29/h5-6,9-10,13,15,17,19H,7-8,11-12H2,1-4H3,(H2,24,29)/t15-,17?,19?/m1/s1. The quantitative estimate of drug-likeness (QED) is 0.699. The molecule has 1 aromatic carbocycles. The molecule has 0 aliphatic heterocycles. The second-order valence-corrected chi connectivity index (χ2v) is 9.03. The highest BCUT2D eigenvalue weighted by Crippen LogP contribution is 2.36. The predicted octanol–water partition coefficient (Wildman–Crippen LogP) is 4.23. The largest absolute Gasteiger partial charge is 0.369 e. The number of hydrogen-bond acceptors (Lipinski definition) is 5. The van der Waals surface area contributed by atoms with Crippen LogP contribution in [0.3, 0.4) is 0 Å². The minimum Gasteiger partial charge on any atom is -0.369 e. The van der Waals surface area contributed by atoms with Crippen LogP contribution in [0.2, 0.25) is 0 Å². The highest BCUT2D eigenvalue weighted by Gasteiger charge is 2.33. The van der Waals surface area contributed by atoms with Crippen molar-refractivity contribution < 1.29 is 4.79 Å². The SMILES string of the molecule is Cc1cnc(N(C2CCC(C(N)=O)CC2)[C@H](C)c2ccc(Br)cc2)nc1N(C)C. The van der Waals surface area contributed by atoms with Gasteiger partial charge in [0.15, 0.2) is 0 Å². The monoisotopic (exact) mass is 459 g/mol. The molecule has 1 saturated carbocycles. The lowest BCUT2D eigenvalue weighted by Crippen LogP contribution is -2.42. The van der Waals surface area contributed by atoms with Crippen molar-refractivity contribution in [1.29, 1.82) is 0 Å². The second kappa shape index (κ2) is 9.11. The first-order valence-electron chi connectivity index (χ1n) is 10.1. The van der Waals surface area contributed by atoms with Crippen LogP contribution >= 0.6 is 15.9 Å². The molecule has 1 amide bonds. The number of aryl methyl sites for hydroxylation is 1. The summed E-state index contributed by atoms with van der Waals surface area (Å²) in [5, 5.41) is 0. The van der Waals surface area contributed by atoms with Gasteiger partial charge in [0.25, 0.3) is 0 Å². The van der Waals surface area contributed by atoms with Crippen molar-refractivity contribution in [2.45, 2.75) is 51.6 Å². The van der Waals surface area contributed by atoms with E-state index in [2.05, 4.69) is 52.0 Å². The van der Waals surface area contributed by atoms with Crippen LogP contribution in [0.1, 0.15) is 49.8 Å². The van der Waals surface area contributed by atoms with E-state index in [9.17, 15) is 4.79 Å². The van der Waals surface area contributed by atoms with Gasteiger partial charge in [0.2, 0.25) is 11.9 Å². The van der Waals surface area contributed by atoms with Crippen molar-refractivity contribution in [2.24, 2.45) is 11.7 Å². The number of rotatable bonds is 6. The first kappa shape index (κ1) is 21.6. The third kappa shape index (κ3) is 4.89. The Balaban J connectivity index is 1.97. The maximum Gasteiger partial charge on any atom is 0.228 e. The van der Waals surface area contributed by atoms with Crippen LogP contribution in [0, 0.1) is 12.8 Å². The lowest BCUT2D eigenvalue weighted by Gasteiger charge is -2.40. The number of hydrogen-bond donors (Lipinski definition) is 1. The van der Waals surface area contributed by atoms with Crippen molar-refractivity contribution in [3.05, 3.63) is 46.1 Å². The van der Waals surface area contributed by atoms with Crippen LogP contribution < -0.4 is 15.5 Å². The molecule has 0 radical (unpaired) electrons. The summed E-state index contributed by atoms with van der Waals surface area (Å²) in [6.45, 7) is 4.22. The number of halogens is 1. The molecule has 1 atom stereocenters. The van der Waals surface area contributed by atoms with E-state index in [1.807, 2.05) is 32.1 Å². The molecule has 1 fully saturated rings. The maximum atomic E-state index is 11.6. The fraction of sp³-hybridized carbons (Fsp3) is 0.500. The van der Waals surface area contributed by atoms with Crippen molar-refractivity contribution in [1.82, 2.24) is 9.97 Å². The lowest BCUT2D eigenvalue weighted by atomic mass is 9.84. The van der Waals surface area contributed by atoms with Gasteiger partial charge in [-0.1, -0.05) is 28.1 Å². The molecular formula is C22H30BrN5O. The summed E-state index contributed by atoms with van der Waals surface area (Å²) in [7, 11) is 4.00. The summed E-state index contributed by atoms with van der Waals surface area (Å²) < 4.78 is 1.06. The minimum absolute atomic E-state index is 0.0210. The van der Waals surface area contributed by atoms with Crippen molar-refractivity contribution in [2.75, 3.05) is 23.9 Å². The van der Waals surface area contributed by atoms with Gasteiger partial charge in [0.05, 0.1) is 6.04 Å². The molecule has 0 unspecified atom stereocenters. The maximum absolute atomic E-state index is 11.6. The third-order valence-electron chi connectivity index (χ3n) is 5.85. The molecule has 2 N–H and O–H groups in total. The minimum atomic E-state index is -0.183. The number of carbonyl (C=O) groups is 1. The van der Waals surface area contributed by atoms with E-state index in [-0.39, 0.29) is 23.9 Å². The molecule has 29 heavy (non-hydrogen) atoms. The third-order valence-corrected chi connectivity index (χ3v) is 6.38. The fourth-order valence-corrected chi connectivity index (χ4v) is 4.46. The molecule has 1 aromatic heterocycles. The molecule has 156 valence electrons. The van der Waals surface area contributed by atoms with E-state index in [4.69, 9.17) is 15.7 Å². The average Bonchev–Trinajstić information content (AvgIpc) is 2.70. The summed E-state index contributed by atoms with van der Waals surface area (Å²) in [6.07, 6.45) is 5.34. The highest BCUT2D eigenvalue weighted by atomic mass is 79.9. The number of benzene rings is 1. The summed E-state index contributed by atoms with van der Waals surface area (Å²) in [5.74, 6) is 1.45. The van der Waals surface area contributed by atoms with E-state index in [0.29, 0.717) is 0 Å². The van der Waals surface area contributed by atoms with E-state index in [1.54, 1.807) is 0 Å². The van der Waals surface area contributed by atoms with Gasteiger partial charge in [0.1, 0.15) is 5.82 Å². The summed E-state index contributed by atoms with van der Waals surface area (Å²) >= 11 is 3.52.